The van der Waals surface area contributed by atoms with Crippen LogP contribution in [0.2, 0.25) is 5.28 Å². The number of hydrogen-bond acceptors (Lipinski definition) is 5. The van der Waals surface area contributed by atoms with Crippen molar-refractivity contribution in [3.8, 4) is 0 Å². The maximum absolute atomic E-state index is 10.8. The first-order chi connectivity index (χ1) is 8.06. The van der Waals surface area contributed by atoms with Gasteiger partial charge in [0.15, 0.2) is 0 Å². The summed E-state index contributed by atoms with van der Waals surface area (Å²) in [7, 11) is 0. The molecule has 0 aliphatic rings. The molecule has 0 aromatic carbocycles. The summed E-state index contributed by atoms with van der Waals surface area (Å²) >= 11 is 11.3. The zero-order chi connectivity index (χ0) is 12.8. The highest BCUT2D eigenvalue weighted by atomic mass is 35.5. The monoisotopic (exact) mass is 278 g/mol. The number of carboxylic acids is 1. The van der Waals surface area contributed by atoms with Gasteiger partial charge >= 0.3 is 5.97 Å². The Morgan fingerprint density at radius 1 is 1.47 bits per heavy atom. The summed E-state index contributed by atoms with van der Waals surface area (Å²) in [6, 6.07) is -0.752. The molecule has 94 valence electrons. The summed E-state index contributed by atoms with van der Waals surface area (Å²) < 4.78 is 0. The molecule has 8 heteroatoms. The molecule has 0 spiro atoms. The normalized spacial score (nSPS) is 12.2. The SMILES string of the molecule is CCC(Nc1nc(Cl)nc(CCCl)n1)C(=O)O. The number of aliphatic carboxylic acids is 1. The topological polar surface area (TPSA) is 88.0 Å². The Bertz CT molecular complexity index is 403. The van der Waals surface area contributed by atoms with Crippen molar-refractivity contribution in [2.75, 3.05) is 11.2 Å². The van der Waals surface area contributed by atoms with Crippen LogP contribution in [0.1, 0.15) is 19.2 Å². The quantitative estimate of drug-likeness (QED) is 0.769. The molecular formula is C9H12Cl2N4O2. The van der Waals surface area contributed by atoms with Gasteiger partial charge in [-0.25, -0.2) is 9.78 Å². The second-order valence-electron chi connectivity index (χ2n) is 3.23. The third-order valence-corrected chi connectivity index (χ3v) is 2.34. The number of nitrogens with one attached hydrogen (secondary N) is 1. The fraction of sp³-hybridized carbons (Fsp3) is 0.556. The van der Waals surface area contributed by atoms with E-state index < -0.39 is 12.0 Å². The van der Waals surface area contributed by atoms with Crippen LogP contribution in [0.5, 0.6) is 0 Å². The molecule has 0 saturated carbocycles. The van der Waals surface area contributed by atoms with Crippen molar-refractivity contribution < 1.29 is 9.90 Å². The van der Waals surface area contributed by atoms with E-state index >= 15 is 0 Å². The predicted octanol–water partition coefficient (Wildman–Crippen LogP) is 1.58. The molecule has 1 aromatic rings. The van der Waals surface area contributed by atoms with Crippen molar-refractivity contribution in [1.29, 1.82) is 0 Å². The molecule has 0 aliphatic heterocycles. The van der Waals surface area contributed by atoms with Gasteiger partial charge in [-0.3, -0.25) is 0 Å². The van der Waals surface area contributed by atoms with E-state index in [0.29, 0.717) is 24.5 Å². The van der Waals surface area contributed by atoms with Crippen molar-refractivity contribution in [3.63, 3.8) is 0 Å². The van der Waals surface area contributed by atoms with Gasteiger partial charge in [0.25, 0.3) is 0 Å². The highest BCUT2D eigenvalue weighted by Gasteiger charge is 2.16. The lowest BCUT2D eigenvalue weighted by molar-refractivity contribution is -0.138. The van der Waals surface area contributed by atoms with Crippen molar-refractivity contribution >= 4 is 35.1 Å². The zero-order valence-corrected chi connectivity index (χ0v) is 10.7. The molecular weight excluding hydrogens is 267 g/mol. The first-order valence-electron chi connectivity index (χ1n) is 5.02. The van der Waals surface area contributed by atoms with Gasteiger partial charge in [-0.1, -0.05) is 6.92 Å². The number of carboxylic acid groups (broad SMARTS) is 1. The number of carbonyl (C=O) groups is 1. The molecule has 0 bridgehead atoms. The maximum Gasteiger partial charge on any atom is 0.326 e. The average molecular weight is 279 g/mol. The van der Waals surface area contributed by atoms with Crippen LogP contribution in [-0.2, 0) is 11.2 Å². The Labute approximate surface area is 108 Å². The molecule has 17 heavy (non-hydrogen) atoms. The van der Waals surface area contributed by atoms with Gasteiger partial charge in [0, 0.05) is 12.3 Å². The van der Waals surface area contributed by atoms with E-state index in [-0.39, 0.29) is 11.2 Å². The Kier molecular flexibility index (Phi) is 5.37. The Balaban J connectivity index is 2.86. The van der Waals surface area contributed by atoms with E-state index in [1.165, 1.54) is 0 Å². The lowest BCUT2D eigenvalue weighted by Gasteiger charge is -2.12. The molecule has 0 saturated heterocycles. The molecule has 6 nitrogen and oxygen atoms in total. The molecule has 1 rings (SSSR count). The number of nitrogens with zero attached hydrogens (tertiary/aromatic N) is 3. The van der Waals surface area contributed by atoms with Crippen LogP contribution in [0.15, 0.2) is 0 Å². The molecule has 1 aromatic heterocycles. The Morgan fingerprint density at radius 2 is 2.18 bits per heavy atom. The summed E-state index contributed by atoms with van der Waals surface area (Å²) in [6.45, 7) is 1.74. The van der Waals surface area contributed by atoms with Crippen LogP contribution >= 0.6 is 23.2 Å². The van der Waals surface area contributed by atoms with Crippen LogP contribution in [0.25, 0.3) is 0 Å². The molecule has 1 unspecified atom stereocenters. The van der Waals surface area contributed by atoms with E-state index in [2.05, 4.69) is 20.3 Å². The molecule has 1 atom stereocenters. The van der Waals surface area contributed by atoms with Crippen LogP contribution < -0.4 is 5.32 Å². The summed E-state index contributed by atoms with van der Waals surface area (Å²) in [6.07, 6.45) is 0.853. The van der Waals surface area contributed by atoms with Crippen molar-refractivity contribution in [1.82, 2.24) is 15.0 Å². The van der Waals surface area contributed by atoms with E-state index in [1.807, 2.05) is 0 Å². The second-order valence-corrected chi connectivity index (χ2v) is 3.94. The minimum absolute atomic E-state index is 0.0165. The van der Waals surface area contributed by atoms with Gasteiger partial charge in [0.1, 0.15) is 11.9 Å². The third-order valence-electron chi connectivity index (χ3n) is 1.98. The molecule has 0 aliphatic carbocycles. The first kappa shape index (κ1) is 13.9. The number of halogens is 2. The van der Waals surface area contributed by atoms with Crippen LogP contribution in [0.4, 0.5) is 5.95 Å². The van der Waals surface area contributed by atoms with Crippen LogP contribution in [0.3, 0.4) is 0 Å². The first-order valence-corrected chi connectivity index (χ1v) is 5.93. The molecule has 0 amide bonds. The fourth-order valence-electron chi connectivity index (χ4n) is 1.15. The highest BCUT2D eigenvalue weighted by Crippen LogP contribution is 2.09. The summed E-state index contributed by atoms with van der Waals surface area (Å²) in [4.78, 5) is 22.6. The van der Waals surface area contributed by atoms with E-state index in [0.717, 1.165) is 0 Å². The smallest absolute Gasteiger partial charge is 0.326 e. The summed E-state index contributed by atoms with van der Waals surface area (Å²) in [5.41, 5.74) is 0. The number of hydrogen-bond donors (Lipinski definition) is 2. The fourth-order valence-corrected chi connectivity index (χ4v) is 1.49. The molecule has 2 N–H and O–H groups in total. The van der Waals surface area contributed by atoms with Gasteiger partial charge < -0.3 is 10.4 Å². The van der Waals surface area contributed by atoms with Crippen LogP contribution in [-0.4, -0.2) is 37.9 Å². The van der Waals surface area contributed by atoms with E-state index in [1.54, 1.807) is 6.92 Å². The average Bonchev–Trinajstić information content (AvgIpc) is 2.25. The van der Waals surface area contributed by atoms with Crippen molar-refractivity contribution in [3.05, 3.63) is 11.1 Å². The minimum Gasteiger partial charge on any atom is -0.480 e. The number of rotatable bonds is 6. The van der Waals surface area contributed by atoms with E-state index in [9.17, 15) is 4.79 Å². The largest absolute Gasteiger partial charge is 0.480 e. The number of anilines is 1. The maximum atomic E-state index is 10.8. The number of alkyl halides is 1. The van der Waals surface area contributed by atoms with E-state index in [4.69, 9.17) is 28.3 Å². The lowest BCUT2D eigenvalue weighted by Crippen LogP contribution is -2.29. The van der Waals surface area contributed by atoms with Gasteiger partial charge in [-0.05, 0) is 18.0 Å². The highest BCUT2D eigenvalue weighted by molar-refractivity contribution is 6.28. The lowest BCUT2D eigenvalue weighted by atomic mass is 10.2. The second kappa shape index (κ2) is 6.56. The Hall–Kier alpha value is -1.14. The summed E-state index contributed by atoms with van der Waals surface area (Å²) in [5, 5.41) is 11.6. The van der Waals surface area contributed by atoms with Crippen molar-refractivity contribution in [2.45, 2.75) is 25.8 Å². The van der Waals surface area contributed by atoms with Gasteiger partial charge in [0.05, 0.1) is 0 Å². The van der Waals surface area contributed by atoms with Crippen molar-refractivity contribution in [2.24, 2.45) is 0 Å². The predicted molar refractivity (Wildman–Crippen MR) is 64.6 cm³/mol. The van der Waals surface area contributed by atoms with Gasteiger partial charge in [0.2, 0.25) is 11.2 Å². The number of aryl methyl sites for hydroxylation is 1. The van der Waals surface area contributed by atoms with Gasteiger partial charge in [-0.2, -0.15) is 9.97 Å². The summed E-state index contributed by atoms with van der Waals surface area (Å²) in [5.74, 6) is -0.0272. The zero-order valence-electron chi connectivity index (χ0n) is 9.15. The minimum atomic E-state index is -0.970. The van der Waals surface area contributed by atoms with Crippen LogP contribution in [0, 0.1) is 0 Å². The molecule has 1 heterocycles. The molecule has 0 radical (unpaired) electrons. The third kappa shape index (κ3) is 4.32. The molecule has 0 fully saturated rings. The van der Waals surface area contributed by atoms with Gasteiger partial charge in [-0.15, -0.1) is 11.6 Å². The number of aromatic nitrogens is 3. The Morgan fingerprint density at radius 3 is 2.71 bits per heavy atom. The standard InChI is InChI=1S/C9H12Cl2N4O2/c1-2-5(7(16)17)12-9-14-6(3-4-10)13-8(11)15-9/h5H,2-4H2,1H3,(H,16,17)(H,12,13,14,15).